The van der Waals surface area contributed by atoms with Gasteiger partial charge in [0.25, 0.3) is 0 Å². The predicted octanol–water partition coefficient (Wildman–Crippen LogP) is 2.47. The molecule has 0 aromatic carbocycles. The number of hydrogen-bond donors (Lipinski definition) is 1. The van der Waals surface area contributed by atoms with Crippen molar-refractivity contribution in [3.8, 4) is 0 Å². The molecule has 1 heterocycles. The van der Waals surface area contributed by atoms with Gasteiger partial charge in [-0.05, 0) is 25.8 Å². The summed E-state index contributed by atoms with van der Waals surface area (Å²) >= 11 is 0. The summed E-state index contributed by atoms with van der Waals surface area (Å²) in [6, 6.07) is 0.588. The Bertz CT molecular complexity index is 291. The molecule has 0 saturated carbocycles. The van der Waals surface area contributed by atoms with Crippen molar-refractivity contribution < 1.29 is 0 Å². The number of imidazole rings is 1. The van der Waals surface area contributed by atoms with Crippen LogP contribution < -0.4 is 5.32 Å². The molecule has 1 aromatic rings. The third-order valence-electron chi connectivity index (χ3n) is 2.86. The van der Waals surface area contributed by atoms with E-state index in [0.717, 1.165) is 19.5 Å². The average Bonchev–Trinajstić information content (AvgIpc) is 2.64. The molecule has 0 saturated heterocycles. The summed E-state index contributed by atoms with van der Waals surface area (Å²) in [5.74, 6) is 1.92. The molecule has 0 amide bonds. The smallest absolute Gasteiger partial charge is 0.108 e. The lowest BCUT2D eigenvalue weighted by atomic mass is 10.0. The molecule has 1 atom stereocenters. The van der Waals surface area contributed by atoms with E-state index < -0.39 is 0 Å². The van der Waals surface area contributed by atoms with Gasteiger partial charge in [-0.2, -0.15) is 0 Å². The van der Waals surface area contributed by atoms with Crippen LogP contribution in [0.15, 0.2) is 12.4 Å². The molecular formula is C13H25N3. The van der Waals surface area contributed by atoms with Crippen molar-refractivity contribution >= 4 is 0 Å². The zero-order chi connectivity index (χ0) is 12.0. The van der Waals surface area contributed by atoms with Gasteiger partial charge in [0.1, 0.15) is 5.82 Å². The van der Waals surface area contributed by atoms with Gasteiger partial charge in [-0.25, -0.2) is 4.98 Å². The second-order valence-corrected chi connectivity index (χ2v) is 4.84. The molecule has 1 aromatic heterocycles. The third kappa shape index (κ3) is 4.35. The molecule has 1 unspecified atom stereocenters. The first-order chi connectivity index (χ1) is 7.63. The van der Waals surface area contributed by atoms with Gasteiger partial charge in [0.2, 0.25) is 0 Å². The molecule has 0 bridgehead atoms. The third-order valence-corrected chi connectivity index (χ3v) is 2.86. The molecule has 1 rings (SSSR count). The van der Waals surface area contributed by atoms with Crippen LogP contribution in [-0.2, 0) is 13.0 Å². The normalized spacial score (nSPS) is 13.3. The summed E-state index contributed by atoms with van der Waals surface area (Å²) in [4.78, 5) is 4.41. The molecule has 0 radical (unpaired) electrons. The van der Waals surface area contributed by atoms with Crippen LogP contribution in [-0.4, -0.2) is 22.1 Å². The molecule has 0 fully saturated rings. The fourth-order valence-corrected chi connectivity index (χ4v) is 1.85. The predicted molar refractivity (Wildman–Crippen MR) is 68.5 cm³/mol. The van der Waals surface area contributed by atoms with Gasteiger partial charge in [-0.15, -0.1) is 0 Å². The Morgan fingerprint density at radius 1 is 1.38 bits per heavy atom. The number of nitrogens with zero attached hydrogens (tertiary/aromatic N) is 2. The minimum atomic E-state index is 0.588. The molecule has 0 aliphatic rings. The highest BCUT2D eigenvalue weighted by Gasteiger charge is 2.08. The zero-order valence-corrected chi connectivity index (χ0v) is 11.0. The Morgan fingerprint density at radius 2 is 2.12 bits per heavy atom. The highest BCUT2D eigenvalue weighted by Crippen LogP contribution is 2.10. The van der Waals surface area contributed by atoms with Gasteiger partial charge in [0.15, 0.2) is 0 Å². The molecule has 92 valence electrons. The number of hydrogen-bond acceptors (Lipinski definition) is 2. The maximum atomic E-state index is 4.41. The van der Waals surface area contributed by atoms with Crippen LogP contribution in [0.5, 0.6) is 0 Å². The van der Waals surface area contributed by atoms with Crippen LogP contribution in [0.25, 0.3) is 0 Å². The van der Waals surface area contributed by atoms with Crippen LogP contribution in [0.4, 0.5) is 0 Å². The van der Waals surface area contributed by atoms with E-state index in [1.165, 1.54) is 12.2 Å². The average molecular weight is 223 g/mol. The Labute approximate surface area is 99.3 Å². The van der Waals surface area contributed by atoms with Gasteiger partial charge >= 0.3 is 0 Å². The van der Waals surface area contributed by atoms with E-state index in [9.17, 15) is 0 Å². The second-order valence-electron chi connectivity index (χ2n) is 4.84. The monoisotopic (exact) mass is 223 g/mol. The molecule has 0 aliphatic carbocycles. The minimum Gasteiger partial charge on any atom is -0.335 e. The summed E-state index contributed by atoms with van der Waals surface area (Å²) in [5.41, 5.74) is 0. The lowest BCUT2D eigenvalue weighted by molar-refractivity contribution is 0.462. The number of nitrogens with one attached hydrogen (secondary N) is 1. The maximum Gasteiger partial charge on any atom is 0.108 e. The highest BCUT2D eigenvalue weighted by molar-refractivity contribution is 4.93. The van der Waals surface area contributed by atoms with Crippen molar-refractivity contribution in [2.45, 2.75) is 53.1 Å². The Morgan fingerprint density at radius 3 is 2.75 bits per heavy atom. The van der Waals surface area contributed by atoms with Crippen LogP contribution in [0.3, 0.4) is 0 Å². The summed E-state index contributed by atoms with van der Waals surface area (Å²) in [5, 5.41) is 3.46. The van der Waals surface area contributed by atoms with E-state index in [4.69, 9.17) is 0 Å². The van der Waals surface area contributed by atoms with Crippen molar-refractivity contribution in [2.75, 3.05) is 6.54 Å². The number of aryl methyl sites for hydroxylation is 1. The van der Waals surface area contributed by atoms with Crippen molar-refractivity contribution in [3.05, 3.63) is 18.2 Å². The summed E-state index contributed by atoms with van der Waals surface area (Å²) in [7, 11) is 0. The van der Waals surface area contributed by atoms with E-state index in [0.29, 0.717) is 12.0 Å². The van der Waals surface area contributed by atoms with Crippen molar-refractivity contribution in [1.82, 2.24) is 14.9 Å². The molecule has 3 heteroatoms. The molecule has 0 spiro atoms. The first-order valence-electron chi connectivity index (χ1n) is 6.36. The maximum absolute atomic E-state index is 4.41. The SMILES string of the molecule is CCn1ccnc1CC(C)CCNC(C)C. The molecular weight excluding hydrogens is 198 g/mol. The van der Waals surface area contributed by atoms with Crippen molar-refractivity contribution in [2.24, 2.45) is 5.92 Å². The molecule has 3 nitrogen and oxygen atoms in total. The summed E-state index contributed by atoms with van der Waals surface area (Å²) < 4.78 is 2.23. The van der Waals surface area contributed by atoms with Crippen molar-refractivity contribution in [1.29, 1.82) is 0 Å². The van der Waals surface area contributed by atoms with E-state index in [1.54, 1.807) is 0 Å². The summed E-state index contributed by atoms with van der Waals surface area (Å²) in [6.07, 6.45) is 6.27. The Hall–Kier alpha value is -0.830. The van der Waals surface area contributed by atoms with Gasteiger partial charge < -0.3 is 9.88 Å². The lowest BCUT2D eigenvalue weighted by Crippen LogP contribution is -2.25. The standard InChI is InChI=1S/C13H25N3/c1-5-16-9-8-15-13(16)10-12(4)6-7-14-11(2)3/h8-9,11-12,14H,5-7,10H2,1-4H3. The Balaban J connectivity index is 2.31. The first kappa shape index (κ1) is 13.2. The van der Waals surface area contributed by atoms with Gasteiger partial charge in [0.05, 0.1) is 0 Å². The van der Waals surface area contributed by atoms with Gasteiger partial charge in [-0.3, -0.25) is 0 Å². The Kier molecular flexibility index (Phi) is 5.53. The molecule has 1 N–H and O–H groups in total. The molecule has 16 heavy (non-hydrogen) atoms. The second kappa shape index (κ2) is 6.69. The van der Waals surface area contributed by atoms with Crippen LogP contribution in [0, 0.1) is 5.92 Å². The fourth-order valence-electron chi connectivity index (χ4n) is 1.85. The van der Waals surface area contributed by atoms with Gasteiger partial charge in [0, 0.05) is 31.4 Å². The highest BCUT2D eigenvalue weighted by atomic mass is 15.0. The minimum absolute atomic E-state index is 0.588. The first-order valence-corrected chi connectivity index (χ1v) is 6.36. The fraction of sp³-hybridized carbons (Fsp3) is 0.769. The van der Waals surface area contributed by atoms with E-state index >= 15 is 0 Å². The van der Waals surface area contributed by atoms with Crippen LogP contribution >= 0.6 is 0 Å². The van der Waals surface area contributed by atoms with Gasteiger partial charge in [-0.1, -0.05) is 20.8 Å². The lowest BCUT2D eigenvalue weighted by Gasteiger charge is -2.14. The van der Waals surface area contributed by atoms with E-state index in [1.807, 2.05) is 6.20 Å². The van der Waals surface area contributed by atoms with E-state index in [-0.39, 0.29) is 0 Å². The molecule has 0 aliphatic heterocycles. The topological polar surface area (TPSA) is 29.9 Å². The largest absolute Gasteiger partial charge is 0.335 e. The van der Waals surface area contributed by atoms with E-state index in [2.05, 4.69) is 48.8 Å². The number of rotatable bonds is 7. The summed E-state index contributed by atoms with van der Waals surface area (Å²) in [6.45, 7) is 11.0. The number of aromatic nitrogens is 2. The van der Waals surface area contributed by atoms with Crippen molar-refractivity contribution in [3.63, 3.8) is 0 Å². The van der Waals surface area contributed by atoms with Crippen LogP contribution in [0.1, 0.15) is 39.9 Å². The van der Waals surface area contributed by atoms with Crippen LogP contribution in [0.2, 0.25) is 0 Å². The zero-order valence-electron chi connectivity index (χ0n) is 11.0. The quantitative estimate of drug-likeness (QED) is 0.769.